The summed E-state index contributed by atoms with van der Waals surface area (Å²) in [6, 6.07) is 0. The van der Waals surface area contributed by atoms with E-state index in [1.54, 1.807) is 12.4 Å². The molecule has 2 heterocycles. The van der Waals surface area contributed by atoms with Gasteiger partial charge in [-0.3, -0.25) is 4.98 Å². The fourth-order valence-electron chi connectivity index (χ4n) is 2.00. The number of anilines is 1. The summed E-state index contributed by atoms with van der Waals surface area (Å²) in [6.45, 7) is 4.79. The minimum Gasteiger partial charge on any atom is -0.381 e. The predicted molar refractivity (Wildman–Crippen MR) is 63.6 cm³/mol. The van der Waals surface area contributed by atoms with Crippen molar-refractivity contribution in [2.75, 3.05) is 25.1 Å². The zero-order chi connectivity index (χ0) is 11.2. The van der Waals surface area contributed by atoms with E-state index in [-0.39, 0.29) is 0 Å². The maximum atomic E-state index is 5.37. The van der Waals surface area contributed by atoms with E-state index in [0.29, 0.717) is 5.92 Å². The van der Waals surface area contributed by atoms with Gasteiger partial charge in [-0.25, -0.2) is 4.98 Å². The Bertz CT molecular complexity index is 324. The van der Waals surface area contributed by atoms with Crippen LogP contribution in [-0.4, -0.2) is 29.7 Å². The SMILES string of the molecule is CCCNc1nccnc1C1CCOCC1. The summed E-state index contributed by atoms with van der Waals surface area (Å²) in [7, 11) is 0. The zero-order valence-corrected chi connectivity index (χ0v) is 9.78. The molecule has 1 saturated heterocycles. The van der Waals surface area contributed by atoms with Gasteiger partial charge in [0.05, 0.1) is 5.69 Å². The van der Waals surface area contributed by atoms with Crippen molar-refractivity contribution in [3.05, 3.63) is 18.1 Å². The number of rotatable bonds is 4. The molecule has 0 spiro atoms. The van der Waals surface area contributed by atoms with Crippen LogP contribution in [0, 0.1) is 0 Å². The van der Waals surface area contributed by atoms with E-state index in [9.17, 15) is 0 Å². The molecule has 0 saturated carbocycles. The molecular formula is C12H19N3O. The molecule has 0 bridgehead atoms. The van der Waals surface area contributed by atoms with Crippen molar-refractivity contribution < 1.29 is 4.74 Å². The van der Waals surface area contributed by atoms with Crippen LogP contribution in [0.2, 0.25) is 0 Å². The van der Waals surface area contributed by atoms with Gasteiger partial charge in [0.25, 0.3) is 0 Å². The van der Waals surface area contributed by atoms with Crippen LogP contribution >= 0.6 is 0 Å². The van der Waals surface area contributed by atoms with Crippen molar-refractivity contribution in [3.8, 4) is 0 Å². The standard InChI is InChI=1S/C12H19N3O/c1-2-5-14-12-11(13-6-7-15-12)10-3-8-16-9-4-10/h6-7,10H,2-5,8-9H2,1H3,(H,14,15). The van der Waals surface area contributed by atoms with E-state index in [1.165, 1.54) is 0 Å². The molecule has 2 rings (SSSR count). The predicted octanol–water partition coefficient (Wildman–Crippen LogP) is 2.19. The normalized spacial score (nSPS) is 17.3. The molecule has 16 heavy (non-hydrogen) atoms. The Morgan fingerprint density at radius 1 is 1.31 bits per heavy atom. The molecule has 4 heteroatoms. The maximum Gasteiger partial charge on any atom is 0.148 e. The Kier molecular flexibility index (Phi) is 4.10. The molecule has 4 nitrogen and oxygen atoms in total. The second kappa shape index (κ2) is 5.80. The highest BCUT2D eigenvalue weighted by atomic mass is 16.5. The average molecular weight is 221 g/mol. The Hall–Kier alpha value is -1.16. The van der Waals surface area contributed by atoms with Gasteiger partial charge in [-0.15, -0.1) is 0 Å². The quantitative estimate of drug-likeness (QED) is 0.846. The highest BCUT2D eigenvalue weighted by Crippen LogP contribution is 2.28. The third-order valence-electron chi connectivity index (χ3n) is 2.88. The summed E-state index contributed by atoms with van der Waals surface area (Å²) < 4.78 is 5.37. The van der Waals surface area contributed by atoms with Gasteiger partial charge < -0.3 is 10.1 Å². The van der Waals surface area contributed by atoms with Gasteiger partial charge in [0, 0.05) is 38.1 Å². The first-order chi connectivity index (χ1) is 7.92. The van der Waals surface area contributed by atoms with Gasteiger partial charge in [0.2, 0.25) is 0 Å². The second-order valence-electron chi connectivity index (χ2n) is 4.10. The summed E-state index contributed by atoms with van der Waals surface area (Å²) in [5.74, 6) is 1.46. The van der Waals surface area contributed by atoms with Crippen LogP contribution in [0.1, 0.15) is 37.8 Å². The van der Waals surface area contributed by atoms with Crippen molar-refractivity contribution in [2.45, 2.75) is 32.1 Å². The number of hydrogen-bond acceptors (Lipinski definition) is 4. The molecule has 1 N–H and O–H groups in total. The van der Waals surface area contributed by atoms with Gasteiger partial charge in [0.15, 0.2) is 0 Å². The second-order valence-corrected chi connectivity index (χ2v) is 4.10. The molecule has 88 valence electrons. The highest BCUT2D eigenvalue weighted by molar-refractivity contribution is 5.41. The average Bonchev–Trinajstić information content (AvgIpc) is 2.38. The third kappa shape index (κ3) is 2.70. The summed E-state index contributed by atoms with van der Waals surface area (Å²) >= 11 is 0. The van der Waals surface area contributed by atoms with Crippen molar-refractivity contribution >= 4 is 5.82 Å². The monoisotopic (exact) mass is 221 g/mol. The van der Waals surface area contributed by atoms with E-state index < -0.39 is 0 Å². The van der Waals surface area contributed by atoms with Gasteiger partial charge >= 0.3 is 0 Å². The van der Waals surface area contributed by atoms with Gasteiger partial charge in [-0.1, -0.05) is 6.92 Å². The van der Waals surface area contributed by atoms with Crippen molar-refractivity contribution in [1.29, 1.82) is 0 Å². The van der Waals surface area contributed by atoms with Crippen molar-refractivity contribution in [1.82, 2.24) is 9.97 Å². The van der Waals surface area contributed by atoms with Gasteiger partial charge in [-0.05, 0) is 19.3 Å². The van der Waals surface area contributed by atoms with Crippen molar-refractivity contribution in [2.24, 2.45) is 0 Å². The van der Waals surface area contributed by atoms with E-state index in [2.05, 4.69) is 22.2 Å². The van der Waals surface area contributed by atoms with Crippen LogP contribution in [-0.2, 0) is 4.74 Å². The Balaban J connectivity index is 2.11. The highest BCUT2D eigenvalue weighted by Gasteiger charge is 2.20. The Morgan fingerprint density at radius 3 is 2.81 bits per heavy atom. The minimum absolute atomic E-state index is 0.502. The molecular weight excluding hydrogens is 202 g/mol. The molecule has 0 aromatic carbocycles. The van der Waals surface area contributed by atoms with E-state index in [4.69, 9.17) is 4.74 Å². The number of ether oxygens (including phenoxy) is 1. The molecule has 1 aliphatic rings. The molecule has 0 amide bonds. The lowest BCUT2D eigenvalue weighted by Gasteiger charge is -2.23. The molecule has 0 radical (unpaired) electrons. The molecule has 0 aliphatic carbocycles. The van der Waals surface area contributed by atoms with E-state index in [1.807, 2.05) is 0 Å². The lowest BCUT2D eigenvalue weighted by atomic mass is 9.96. The first-order valence-electron chi connectivity index (χ1n) is 6.04. The fourth-order valence-corrected chi connectivity index (χ4v) is 2.00. The summed E-state index contributed by atoms with van der Waals surface area (Å²) in [4.78, 5) is 8.85. The number of nitrogens with zero attached hydrogens (tertiary/aromatic N) is 2. The number of aromatic nitrogens is 2. The lowest BCUT2D eigenvalue weighted by Crippen LogP contribution is -2.17. The molecule has 1 fully saturated rings. The lowest BCUT2D eigenvalue weighted by molar-refractivity contribution is 0.0846. The van der Waals surface area contributed by atoms with E-state index in [0.717, 1.165) is 50.5 Å². The fraction of sp³-hybridized carbons (Fsp3) is 0.667. The molecule has 1 aliphatic heterocycles. The molecule has 1 aromatic heterocycles. The van der Waals surface area contributed by atoms with Crippen LogP contribution < -0.4 is 5.32 Å². The topological polar surface area (TPSA) is 47.0 Å². The Morgan fingerprint density at radius 2 is 2.06 bits per heavy atom. The van der Waals surface area contributed by atoms with E-state index >= 15 is 0 Å². The smallest absolute Gasteiger partial charge is 0.148 e. The van der Waals surface area contributed by atoms with Gasteiger partial charge in [0.1, 0.15) is 5.82 Å². The third-order valence-corrected chi connectivity index (χ3v) is 2.88. The molecule has 0 unspecified atom stereocenters. The van der Waals surface area contributed by atoms with Crippen LogP contribution in [0.15, 0.2) is 12.4 Å². The summed E-state index contributed by atoms with van der Waals surface area (Å²) in [6.07, 6.45) is 6.74. The largest absolute Gasteiger partial charge is 0.381 e. The van der Waals surface area contributed by atoms with Crippen LogP contribution in [0.3, 0.4) is 0 Å². The summed E-state index contributed by atoms with van der Waals surface area (Å²) in [5.41, 5.74) is 1.11. The number of nitrogens with one attached hydrogen (secondary N) is 1. The first kappa shape index (κ1) is 11.3. The molecule has 0 atom stereocenters. The van der Waals surface area contributed by atoms with Crippen LogP contribution in [0.25, 0.3) is 0 Å². The number of hydrogen-bond donors (Lipinski definition) is 1. The summed E-state index contributed by atoms with van der Waals surface area (Å²) in [5, 5.41) is 3.35. The minimum atomic E-state index is 0.502. The van der Waals surface area contributed by atoms with Crippen LogP contribution in [0.5, 0.6) is 0 Å². The van der Waals surface area contributed by atoms with Gasteiger partial charge in [-0.2, -0.15) is 0 Å². The zero-order valence-electron chi connectivity index (χ0n) is 9.78. The maximum absolute atomic E-state index is 5.37. The first-order valence-corrected chi connectivity index (χ1v) is 6.04. The Labute approximate surface area is 96.4 Å². The van der Waals surface area contributed by atoms with Crippen molar-refractivity contribution in [3.63, 3.8) is 0 Å². The van der Waals surface area contributed by atoms with Crippen LogP contribution in [0.4, 0.5) is 5.82 Å². The molecule has 1 aromatic rings.